The van der Waals surface area contributed by atoms with E-state index in [2.05, 4.69) is 20.3 Å². The van der Waals surface area contributed by atoms with Gasteiger partial charge in [0.2, 0.25) is 11.9 Å². The zero-order valence-electron chi connectivity index (χ0n) is 11.8. The third-order valence-electron chi connectivity index (χ3n) is 3.10. The lowest BCUT2D eigenvalue weighted by Crippen LogP contribution is -2.41. The van der Waals surface area contributed by atoms with E-state index < -0.39 is 5.54 Å². The number of ether oxygens (including phenoxy) is 1. The van der Waals surface area contributed by atoms with Gasteiger partial charge in [-0.05, 0) is 19.3 Å². The Bertz CT molecular complexity index is 387. The van der Waals surface area contributed by atoms with Crippen LogP contribution < -0.4 is 15.8 Å². The van der Waals surface area contributed by atoms with E-state index in [1.165, 1.54) is 0 Å². The van der Waals surface area contributed by atoms with Crippen molar-refractivity contribution in [2.45, 2.75) is 45.6 Å². The van der Waals surface area contributed by atoms with Gasteiger partial charge in [0.1, 0.15) is 0 Å². The Morgan fingerprint density at radius 2 is 1.89 bits per heavy atom. The van der Waals surface area contributed by atoms with Crippen LogP contribution in [0.15, 0.2) is 0 Å². The molecule has 4 N–H and O–H groups in total. The molecule has 0 aliphatic rings. The molecule has 19 heavy (non-hydrogen) atoms. The molecule has 0 unspecified atom stereocenters. The zero-order valence-corrected chi connectivity index (χ0v) is 11.8. The van der Waals surface area contributed by atoms with Crippen LogP contribution in [0.25, 0.3) is 0 Å². The maximum atomic E-state index is 9.52. The Balaban J connectivity index is 2.90. The molecular formula is C12H23N5O2. The number of nitrogen functional groups attached to an aromatic ring is 1. The van der Waals surface area contributed by atoms with E-state index in [9.17, 15) is 5.11 Å². The first kappa shape index (κ1) is 15.4. The highest BCUT2D eigenvalue weighted by molar-refractivity contribution is 5.35. The second-order valence-electron chi connectivity index (χ2n) is 4.42. The lowest BCUT2D eigenvalue weighted by molar-refractivity contribution is 0.201. The number of aliphatic hydroxyl groups excluding tert-OH is 1. The van der Waals surface area contributed by atoms with Gasteiger partial charge in [-0.2, -0.15) is 15.0 Å². The second kappa shape index (κ2) is 7.08. The molecule has 0 fully saturated rings. The summed E-state index contributed by atoms with van der Waals surface area (Å²) in [5.74, 6) is 0.430. The third-order valence-corrected chi connectivity index (χ3v) is 3.10. The Morgan fingerprint density at radius 1 is 1.21 bits per heavy atom. The minimum atomic E-state index is -0.449. The molecule has 0 bridgehead atoms. The molecule has 0 amide bonds. The van der Waals surface area contributed by atoms with Gasteiger partial charge in [0.15, 0.2) is 0 Å². The highest BCUT2D eigenvalue weighted by atomic mass is 16.5. The summed E-state index contributed by atoms with van der Waals surface area (Å²) in [5, 5.41) is 12.6. The Labute approximate surface area is 113 Å². The maximum Gasteiger partial charge on any atom is 0.323 e. The van der Waals surface area contributed by atoms with Crippen LogP contribution in [0.1, 0.15) is 40.0 Å². The van der Waals surface area contributed by atoms with Crippen LogP contribution in [0.3, 0.4) is 0 Å². The number of hydrogen-bond acceptors (Lipinski definition) is 7. The predicted octanol–water partition coefficient (Wildman–Crippen LogP) is 1.21. The van der Waals surface area contributed by atoms with Crippen LogP contribution in [0.5, 0.6) is 6.01 Å². The van der Waals surface area contributed by atoms with Crippen molar-refractivity contribution in [2.24, 2.45) is 0 Å². The summed E-state index contributed by atoms with van der Waals surface area (Å²) >= 11 is 0. The molecule has 1 aromatic rings. The summed E-state index contributed by atoms with van der Waals surface area (Å²) in [7, 11) is 0. The van der Waals surface area contributed by atoms with Crippen LogP contribution in [-0.2, 0) is 0 Å². The lowest BCUT2D eigenvalue weighted by atomic mass is 9.94. The number of nitrogens with one attached hydrogen (secondary N) is 1. The fourth-order valence-corrected chi connectivity index (χ4v) is 1.61. The number of anilines is 2. The first-order valence-electron chi connectivity index (χ1n) is 6.62. The second-order valence-corrected chi connectivity index (χ2v) is 4.42. The molecule has 0 saturated carbocycles. The summed E-state index contributed by atoms with van der Waals surface area (Å²) in [6, 6.07) is 0.205. The van der Waals surface area contributed by atoms with Crippen molar-refractivity contribution in [2.75, 3.05) is 24.3 Å². The first-order chi connectivity index (χ1) is 9.09. The molecule has 0 radical (unpaired) electrons. The minimum absolute atomic E-state index is 0.00324. The van der Waals surface area contributed by atoms with Crippen LogP contribution in [0.2, 0.25) is 0 Å². The van der Waals surface area contributed by atoms with Gasteiger partial charge in [-0.25, -0.2) is 0 Å². The molecule has 7 nitrogen and oxygen atoms in total. The molecule has 1 aromatic heterocycles. The molecule has 0 aliphatic carbocycles. The van der Waals surface area contributed by atoms with E-state index in [1.807, 2.05) is 20.8 Å². The standard InChI is InChI=1S/C12H23N5O2/c1-4-7-19-11-15-9(13)14-10(16-11)17-12(5-2,6-3)8-18/h18H,4-8H2,1-3H3,(H3,13,14,15,16,17). The predicted molar refractivity (Wildman–Crippen MR) is 74.0 cm³/mol. The number of nitrogens with zero attached hydrogens (tertiary/aromatic N) is 3. The molecule has 7 heteroatoms. The number of aliphatic hydroxyl groups is 1. The smallest absolute Gasteiger partial charge is 0.323 e. The van der Waals surface area contributed by atoms with Crippen molar-refractivity contribution < 1.29 is 9.84 Å². The highest BCUT2D eigenvalue weighted by Crippen LogP contribution is 2.20. The summed E-state index contributed by atoms with van der Waals surface area (Å²) in [6.45, 7) is 6.50. The summed E-state index contributed by atoms with van der Waals surface area (Å²) in [6.07, 6.45) is 2.35. The average molecular weight is 269 g/mol. The van der Waals surface area contributed by atoms with Gasteiger partial charge in [0, 0.05) is 0 Å². The topological polar surface area (TPSA) is 106 Å². The van der Waals surface area contributed by atoms with Crippen LogP contribution in [-0.4, -0.2) is 38.8 Å². The third kappa shape index (κ3) is 4.20. The zero-order chi connectivity index (χ0) is 14.3. The normalized spacial score (nSPS) is 11.4. The van der Waals surface area contributed by atoms with Crippen molar-refractivity contribution in [3.63, 3.8) is 0 Å². The number of aromatic nitrogens is 3. The van der Waals surface area contributed by atoms with Gasteiger partial charge in [-0.3, -0.25) is 0 Å². The van der Waals surface area contributed by atoms with Crippen LogP contribution in [0.4, 0.5) is 11.9 Å². The first-order valence-corrected chi connectivity index (χ1v) is 6.62. The minimum Gasteiger partial charge on any atom is -0.463 e. The molecule has 1 rings (SSSR count). The number of nitrogens with two attached hydrogens (primary N) is 1. The van der Waals surface area contributed by atoms with Crippen LogP contribution in [0, 0.1) is 0 Å². The monoisotopic (exact) mass is 269 g/mol. The summed E-state index contributed by atoms with van der Waals surface area (Å²) in [5.41, 5.74) is 5.18. The molecule has 108 valence electrons. The van der Waals surface area contributed by atoms with Gasteiger partial charge in [0.25, 0.3) is 0 Å². The Kier molecular flexibility index (Phi) is 5.75. The van der Waals surface area contributed by atoms with Crippen molar-refractivity contribution in [3.8, 4) is 6.01 Å². The largest absolute Gasteiger partial charge is 0.463 e. The van der Waals surface area contributed by atoms with Gasteiger partial charge in [0.05, 0.1) is 18.8 Å². The molecular weight excluding hydrogens is 246 g/mol. The summed E-state index contributed by atoms with van der Waals surface area (Å²) in [4.78, 5) is 12.1. The molecule has 1 heterocycles. The van der Waals surface area contributed by atoms with E-state index in [1.54, 1.807) is 0 Å². The molecule has 0 spiro atoms. The molecule has 0 saturated heterocycles. The van der Waals surface area contributed by atoms with E-state index in [0.29, 0.717) is 12.6 Å². The fourth-order valence-electron chi connectivity index (χ4n) is 1.61. The molecule has 0 aliphatic heterocycles. The Hall–Kier alpha value is -1.63. The van der Waals surface area contributed by atoms with Gasteiger partial charge < -0.3 is 20.9 Å². The van der Waals surface area contributed by atoms with Crippen LogP contribution >= 0.6 is 0 Å². The van der Waals surface area contributed by atoms with Gasteiger partial charge >= 0.3 is 6.01 Å². The SMILES string of the molecule is CCCOc1nc(N)nc(NC(CC)(CC)CO)n1. The van der Waals surface area contributed by atoms with Crippen molar-refractivity contribution in [1.29, 1.82) is 0 Å². The van der Waals surface area contributed by atoms with E-state index >= 15 is 0 Å². The molecule has 0 atom stereocenters. The lowest BCUT2D eigenvalue weighted by Gasteiger charge is -2.30. The van der Waals surface area contributed by atoms with Crippen molar-refractivity contribution >= 4 is 11.9 Å². The van der Waals surface area contributed by atoms with Crippen molar-refractivity contribution in [1.82, 2.24) is 15.0 Å². The van der Waals surface area contributed by atoms with E-state index in [-0.39, 0.29) is 18.6 Å². The quantitative estimate of drug-likeness (QED) is 0.651. The summed E-state index contributed by atoms with van der Waals surface area (Å²) < 4.78 is 5.35. The van der Waals surface area contributed by atoms with E-state index in [4.69, 9.17) is 10.5 Å². The van der Waals surface area contributed by atoms with E-state index in [0.717, 1.165) is 19.3 Å². The van der Waals surface area contributed by atoms with Gasteiger partial charge in [-0.1, -0.05) is 20.8 Å². The molecule has 0 aromatic carbocycles. The number of rotatable bonds is 8. The number of hydrogen-bond donors (Lipinski definition) is 3. The van der Waals surface area contributed by atoms with Crippen molar-refractivity contribution in [3.05, 3.63) is 0 Å². The maximum absolute atomic E-state index is 9.52. The Morgan fingerprint density at radius 3 is 2.42 bits per heavy atom. The fraction of sp³-hybridized carbons (Fsp3) is 0.750. The average Bonchev–Trinajstić information content (AvgIpc) is 2.42. The highest BCUT2D eigenvalue weighted by Gasteiger charge is 2.26. The van der Waals surface area contributed by atoms with Gasteiger partial charge in [-0.15, -0.1) is 0 Å².